The number of carbonyl (C=O) groups excluding carboxylic acids is 2. The van der Waals surface area contributed by atoms with Crippen molar-refractivity contribution < 1.29 is 27.2 Å². The van der Waals surface area contributed by atoms with Crippen LogP contribution in [0.4, 0.5) is 13.2 Å². The van der Waals surface area contributed by atoms with E-state index >= 15 is 0 Å². The topological polar surface area (TPSA) is 115 Å². The number of guanidine groups is 1. The summed E-state index contributed by atoms with van der Waals surface area (Å²) >= 11 is 0. The Hall–Kier alpha value is -3.30. The Balaban J connectivity index is 1.88. The van der Waals surface area contributed by atoms with Gasteiger partial charge < -0.3 is 20.8 Å². The van der Waals surface area contributed by atoms with Gasteiger partial charge in [0.2, 0.25) is 0 Å². The number of benzene rings is 1. The smallest absolute Gasteiger partial charge is 0.416 e. The summed E-state index contributed by atoms with van der Waals surface area (Å²) in [7, 11) is 0. The summed E-state index contributed by atoms with van der Waals surface area (Å²) in [5.41, 5.74) is 9.02. The van der Waals surface area contributed by atoms with E-state index in [2.05, 4.69) is 4.99 Å². The van der Waals surface area contributed by atoms with Gasteiger partial charge in [-0.2, -0.15) is 18.2 Å². The molecule has 2 amide bonds. The molecule has 1 fully saturated rings. The molecule has 1 saturated heterocycles. The molecule has 1 atom stereocenters. The summed E-state index contributed by atoms with van der Waals surface area (Å²) in [5, 5.41) is 0. The number of furan rings is 1. The number of halogens is 3. The van der Waals surface area contributed by atoms with Crippen LogP contribution < -0.4 is 11.5 Å². The fourth-order valence-corrected chi connectivity index (χ4v) is 3.23. The number of nitrogens with two attached hydrogens (primary N) is 2. The summed E-state index contributed by atoms with van der Waals surface area (Å²) in [6, 6.07) is 6.29. The van der Waals surface area contributed by atoms with Crippen LogP contribution in [-0.2, 0) is 6.18 Å². The molecule has 1 aromatic carbocycles. The van der Waals surface area contributed by atoms with Crippen molar-refractivity contribution in [2.75, 3.05) is 13.1 Å². The van der Waals surface area contributed by atoms with Gasteiger partial charge in [-0.3, -0.25) is 9.59 Å². The molecule has 1 aliphatic heterocycles. The molecule has 0 bridgehead atoms. The van der Waals surface area contributed by atoms with Crippen molar-refractivity contribution in [1.82, 2.24) is 4.90 Å². The first-order chi connectivity index (χ1) is 13.2. The zero-order valence-corrected chi connectivity index (χ0v) is 14.6. The molecule has 0 saturated carbocycles. The molecule has 1 aromatic heterocycles. The van der Waals surface area contributed by atoms with Crippen molar-refractivity contribution in [3.05, 3.63) is 59.0 Å². The normalized spacial score (nSPS) is 16.8. The van der Waals surface area contributed by atoms with Gasteiger partial charge in [0.15, 0.2) is 11.7 Å². The van der Waals surface area contributed by atoms with Crippen LogP contribution in [0.15, 0.2) is 46.0 Å². The third-order valence-corrected chi connectivity index (χ3v) is 4.48. The van der Waals surface area contributed by atoms with Crippen LogP contribution >= 0.6 is 0 Å². The minimum absolute atomic E-state index is 0.0171. The average Bonchev–Trinajstić information content (AvgIpc) is 3.31. The van der Waals surface area contributed by atoms with Gasteiger partial charge in [0, 0.05) is 24.6 Å². The SMILES string of the molecule is NC(N)=NC(=O)c1ccc([C@@H]2CCN(C(=O)c3ccco3)C2)c(C(F)(F)F)c1. The van der Waals surface area contributed by atoms with Gasteiger partial charge in [-0.25, -0.2) is 0 Å². The lowest BCUT2D eigenvalue weighted by Gasteiger charge is -2.19. The lowest BCUT2D eigenvalue weighted by Crippen LogP contribution is -2.28. The highest BCUT2D eigenvalue weighted by molar-refractivity contribution is 6.02. The molecule has 3 rings (SSSR count). The lowest BCUT2D eigenvalue weighted by molar-refractivity contribution is -0.138. The Morgan fingerprint density at radius 1 is 1.21 bits per heavy atom. The molecule has 2 heterocycles. The van der Waals surface area contributed by atoms with Gasteiger partial charge >= 0.3 is 6.18 Å². The number of nitrogens with zero attached hydrogens (tertiary/aromatic N) is 2. The highest BCUT2D eigenvalue weighted by Crippen LogP contribution is 2.39. The molecule has 0 spiro atoms. The van der Waals surface area contributed by atoms with Crippen LogP contribution in [-0.4, -0.2) is 35.8 Å². The van der Waals surface area contributed by atoms with Crippen LogP contribution in [0.2, 0.25) is 0 Å². The molecular formula is C18H17F3N4O3. The van der Waals surface area contributed by atoms with Gasteiger partial charge in [0.1, 0.15) is 0 Å². The molecule has 0 aliphatic carbocycles. The first kappa shape index (κ1) is 19.5. The van der Waals surface area contributed by atoms with E-state index in [1.165, 1.54) is 29.4 Å². The minimum Gasteiger partial charge on any atom is -0.459 e. The number of hydrogen-bond donors (Lipinski definition) is 2. The Labute approximate surface area is 157 Å². The summed E-state index contributed by atoms with van der Waals surface area (Å²) in [5.74, 6) is -2.26. The molecule has 28 heavy (non-hydrogen) atoms. The number of hydrogen-bond acceptors (Lipinski definition) is 3. The van der Waals surface area contributed by atoms with Crippen LogP contribution in [0.25, 0.3) is 0 Å². The second-order valence-electron chi connectivity index (χ2n) is 6.36. The Morgan fingerprint density at radius 2 is 1.96 bits per heavy atom. The molecule has 0 radical (unpaired) electrons. The van der Waals surface area contributed by atoms with Crippen molar-refractivity contribution in [3.63, 3.8) is 0 Å². The van der Waals surface area contributed by atoms with Gasteiger partial charge in [-0.15, -0.1) is 0 Å². The van der Waals surface area contributed by atoms with E-state index < -0.39 is 29.5 Å². The predicted octanol–water partition coefficient (Wildman–Crippen LogP) is 2.34. The molecule has 4 N–H and O–H groups in total. The van der Waals surface area contributed by atoms with E-state index in [0.29, 0.717) is 13.0 Å². The molecule has 10 heteroatoms. The van der Waals surface area contributed by atoms with Gasteiger partial charge in [-0.1, -0.05) is 6.07 Å². The number of alkyl halides is 3. The first-order valence-corrected chi connectivity index (χ1v) is 8.34. The Bertz CT molecular complexity index is 919. The van der Waals surface area contributed by atoms with Gasteiger partial charge in [-0.05, 0) is 36.2 Å². The maximum absolute atomic E-state index is 13.6. The van der Waals surface area contributed by atoms with Crippen molar-refractivity contribution in [2.24, 2.45) is 16.5 Å². The predicted molar refractivity (Wildman–Crippen MR) is 93.6 cm³/mol. The number of carbonyl (C=O) groups is 2. The second-order valence-corrected chi connectivity index (χ2v) is 6.36. The third kappa shape index (κ3) is 4.00. The summed E-state index contributed by atoms with van der Waals surface area (Å²) in [6.45, 7) is 0.417. The standard InChI is InChI=1S/C18H17F3N4O3/c19-18(20,21)13-8-10(15(26)24-17(22)23)3-4-12(13)11-5-6-25(9-11)16(27)14-2-1-7-28-14/h1-4,7-8,11H,5-6,9H2,(H4,22,23,24,26)/t11-/m1/s1. The van der Waals surface area contributed by atoms with E-state index in [4.69, 9.17) is 15.9 Å². The molecule has 1 aliphatic rings. The van der Waals surface area contributed by atoms with Gasteiger partial charge in [0.05, 0.1) is 11.8 Å². The molecule has 148 valence electrons. The summed E-state index contributed by atoms with van der Waals surface area (Å²) in [6.07, 6.45) is -2.96. The quantitative estimate of drug-likeness (QED) is 0.613. The Kier molecular flexibility index (Phi) is 5.12. The highest BCUT2D eigenvalue weighted by Gasteiger charge is 2.38. The van der Waals surface area contributed by atoms with E-state index in [9.17, 15) is 22.8 Å². The van der Waals surface area contributed by atoms with E-state index in [1.54, 1.807) is 6.07 Å². The zero-order chi connectivity index (χ0) is 20.5. The molecule has 7 nitrogen and oxygen atoms in total. The van der Waals surface area contributed by atoms with Gasteiger partial charge in [0.25, 0.3) is 11.8 Å². The number of amides is 2. The fourth-order valence-electron chi connectivity index (χ4n) is 3.23. The second kappa shape index (κ2) is 7.37. The van der Waals surface area contributed by atoms with Crippen molar-refractivity contribution in [3.8, 4) is 0 Å². The molecule has 0 unspecified atom stereocenters. The monoisotopic (exact) mass is 394 g/mol. The number of aliphatic imine (C=N–C) groups is 1. The molecule has 2 aromatic rings. The summed E-state index contributed by atoms with van der Waals surface area (Å²) in [4.78, 5) is 28.9. The maximum Gasteiger partial charge on any atom is 0.416 e. The molecular weight excluding hydrogens is 377 g/mol. The maximum atomic E-state index is 13.6. The van der Waals surface area contributed by atoms with E-state index in [0.717, 1.165) is 6.07 Å². The van der Waals surface area contributed by atoms with Crippen LogP contribution in [0.3, 0.4) is 0 Å². The number of likely N-dealkylation sites (tertiary alicyclic amines) is 1. The first-order valence-electron chi connectivity index (χ1n) is 8.34. The van der Waals surface area contributed by atoms with Crippen molar-refractivity contribution in [1.29, 1.82) is 0 Å². The largest absolute Gasteiger partial charge is 0.459 e. The van der Waals surface area contributed by atoms with E-state index in [1.807, 2.05) is 0 Å². The van der Waals surface area contributed by atoms with Crippen LogP contribution in [0.5, 0.6) is 0 Å². The average molecular weight is 394 g/mol. The number of rotatable bonds is 3. The minimum atomic E-state index is -4.68. The van der Waals surface area contributed by atoms with E-state index in [-0.39, 0.29) is 29.3 Å². The van der Waals surface area contributed by atoms with Crippen molar-refractivity contribution in [2.45, 2.75) is 18.5 Å². The fraction of sp³-hybridized carbons (Fsp3) is 0.278. The van der Waals surface area contributed by atoms with Crippen LogP contribution in [0.1, 0.15) is 44.4 Å². The zero-order valence-electron chi connectivity index (χ0n) is 14.6. The van der Waals surface area contributed by atoms with Crippen molar-refractivity contribution >= 4 is 17.8 Å². The lowest BCUT2D eigenvalue weighted by atomic mass is 9.91. The van der Waals surface area contributed by atoms with Crippen LogP contribution in [0, 0.1) is 0 Å². The third-order valence-electron chi connectivity index (χ3n) is 4.48. The highest BCUT2D eigenvalue weighted by atomic mass is 19.4. The summed E-state index contributed by atoms with van der Waals surface area (Å²) < 4.78 is 45.8. The Morgan fingerprint density at radius 3 is 2.57 bits per heavy atom.